The predicted octanol–water partition coefficient (Wildman–Crippen LogP) is 4.14. The Kier molecular flexibility index (Phi) is 5.50. The minimum absolute atomic E-state index is 0.0267. The van der Waals surface area contributed by atoms with Crippen molar-refractivity contribution in [2.45, 2.75) is 26.0 Å². The quantitative estimate of drug-likeness (QED) is 0.473. The zero-order valence-corrected chi connectivity index (χ0v) is 19.1. The summed E-state index contributed by atoms with van der Waals surface area (Å²) in [7, 11) is 1.91. The van der Waals surface area contributed by atoms with Crippen molar-refractivity contribution in [3.63, 3.8) is 0 Å². The average molecular weight is 445 g/mol. The van der Waals surface area contributed by atoms with Crippen molar-refractivity contribution in [2.75, 3.05) is 24.5 Å². The highest BCUT2D eigenvalue weighted by Gasteiger charge is 2.30. The Morgan fingerprint density at radius 2 is 1.85 bits per heavy atom. The van der Waals surface area contributed by atoms with Gasteiger partial charge in [-0.15, -0.1) is 0 Å². The van der Waals surface area contributed by atoms with Crippen molar-refractivity contribution in [3.05, 3.63) is 72.8 Å². The number of hydrogen-bond acceptors (Lipinski definition) is 5. The molecule has 5 rings (SSSR count). The molecule has 0 unspecified atom stereocenters. The number of piperazine rings is 1. The van der Waals surface area contributed by atoms with Crippen LogP contribution in [0.5, 0.6) is 0 Å². The third kappa shape index (κ3) is 4.16. The van der Waals surface area contributed by atoms with Crippen molar-refractivity contribution >= 4 is 17.3 Å². The summed E-state index contributed by atoms with van der Waals surface area (Å²) in [6.07, 6.45) is 7.23. The van der Waals surface area contributed by atoms with E-state index in [1.54, 1.807) is 4.68 Å². The Hall–Kier alpha value is -3.81. The molecule has 0 saturated carbocycles. The van der Waals surface area contributed by atoms with Gasteiger partial charge in [-0.2, -0.15) is 10.2 Å². The second-order valence-corrected chi connectivity index (χ2v) is 8.61. The summed E-state index contributed by atoms with van der Waals surface area (Å²) >= 11 is 0. The molecule has 0 N–H and O–H groups in total. The van der Waals surface area contributed by atoms with E-state index in [1.807, 2.05) is 78.5 Å². The SMILES string of the molecule is C[C@@H]1CN(c2cnn3cc(-c4cnn(C)c4)ccc23)CCN1C(=O)O[C@H](C)c1ccccc1. The number of nitrogens with zero attached hydrogens (tertiary/aromatic N) is 6. The van der Waals surface area contributed by atoms with Gasteiger partial charge in [-0.1, -0.05) is 36.4 Å². The first kappa shape index (κ1) is 21.1. The minimum atomic E-state index is -0.280. The Morgan fingerprint density at radius 1 is 1.03 bits per heavy atom. The minimum Gasteiger partial charge on any atom is -0.442 e. The van der Waals surface area contributed by atoms with Crippen molar-refractivity contribution in [1.82, 2.24) is 24.3 Å². The number of aromatic nitrogens is 4. The molecule has 0 radical (unpaired) electrons. The van der Waals surface area contributed by atoms with Crippen molar-refractivity contribution in [2.24, 2.45) is 7.05 Å². The molecule has 33 heavy (non-hydrogen) atoms. The third-order valence-corrected chi connectivity index (χ3v) is 6.28. The second kappa shape index (κ2) is 8.61. The number of carbonyl (C=O) groups excluding carboxylic acids is 1. The lowest BCUT2D eigenvalue weighted by atomic mass is 10.1. The van der Waals surface area contributed by atoms with Gasteiger partial charge in [-0.05, 0) is 25.5 Å². The van der Waals surface area contributed by atoms with Gasteiger partial charge in [0.25, 0.3) is 0 Å². The average Bonchev–Trinajstić information content (AvgIpc) is 3.45. The summed E-state index contributed by atoms with van der Waals surface area (Å²) in [6.45, 7) is 6.03. The van der Waals surface area contributed by atoms with Crippen molar-refractivity contribution < 1.29 is 9.53 Å². The highest BCUT2D eigenvalue weighted by atomic mass is 16.6. The van der Waals surface area contributed by atoms with E-state index in [0.29, 0.717) is 6.54 Å². The normalized spacial score (nSPS) is 17.4. The van der Waals surface area contributed by atoms with Crippen LogP contribution in [0.2, 0.25) is 0 Å². The van der Waals surface area contributed by atoms with Crippen LogP contribution in [0.25, 0.3) is 16.6 Å². The molecule has 0 bridgehead atoms. The van der Waals surface area contributed by atoms with Gasteiger partial charge in [0.1, 0.15) is 6.10 Å². The van der Waals surface area contributed by atoms with Crippen LogP contribution < -0.4 is 4.90 Å². The fourth-order valence-electron chi connectivity index (χ4n) is 4.41. The highest BCUT2D eigenvalue weighted by Crippen LogP contribution is 2.28. The largest absolute Gasteiger partial charge is 0.442 e. The van der Waals surface area contributed by atoms with Gasteiger partial charge in [0, 0.05) is 56.2 Å². The third-order valence-electron chi connectivity index (χ3n) is 6.28. The monoisotopic (exact) mass is 444 g/mol. The Morgan fingerprint density at radius 3 is 2.58 bits per heavy atom. The zero-order valence-electron chi connectivity index (χ0n) is 19.1. The zero-order chi connectivity index (χ0) is 22.9. The number of hydrogen-bond donors (Lipinski definition) is 0. The van der Waals surface area contributed by atoms with Gasteiger partial charge in [0.2, 0.25) is 0 Å². The fraction of sp³-hybridized carbons (Fsp3) is 0.320. The maximum atomic E-state index is 12.8. The van der Waals surface area contributed by atoms with Crippen molar-refractivity contribution in [1.29, 1.82) is 0 Å². The second-order valence-electron chi connectivity index (χ2n) is 8.61. The Bertz CT molecular complexity index is 1260. The summed E-state index contributed by atoms with van der Waals surface area (Å²) in [4.78, 5) is 16.9. The van der Waals surface area contributed by atoms with Gasteiger partial charge in [0.05, 0.1) is 23.6 Å². The molecule has 8 heteroatoms. The lowest BCUT2D eigenvalue weighted by Gasteiger charge is -2.40. The molecule has 8 nitrogen and oxygen atoms in total. The van der Waals surface area contributed by atoms with Gasteiger partial charge >= 0.3 is 6.09 Å². The smallest absolute Gasteiger partial charge is 0.410 e. The van der Waals surface area contributed by atoms with Gasteiger partial charge in [-0.3, -0.25) is 4.68 Å². The van der Waals surface area contributed by atoms with Crippen LogP contribution in [-0.4, -0.2) is 56.1 Å². The molecule has 1 aromatic carbocycles. The molecule has 1 aliphatic rings. The van der Waals surface area contributed by atoms with E-state index in [1.165, 1.54) is 0 Å². The van der Waals surface area contributed by atoms with E-state index >= 15 is 0 Å². The van der Waals surface area contributed by atoms with Gasteiger partial charge in [0.15, 0.2) is 0 Å². The number of pyridine rings is 1. The topological polar surface area (TPSA) is 67.9 Å². The van der Waals surface area contributed by atoms with E-state index in [0.717, 1.165) is 41.0 Å². The van der Waals surface area contributed by atoms with Gasteiger partial charge in [-0.25, -0.2) is 9.31 Å². The van der Waals surface area contributed by atoms with E-state index in [-0.39, 0.29) is 18.2 Å². The van der Waals surface area contributed by atoms with Crippen LogP contribution >= 0.6 is 0 Å². The summed E-state index contributed by atoms with van der Waals surface area (Å²) in [5.74, 6) is 0. The molecular weight excluding hydrogens is 416 g/mol. The molecule has 3 aromatic heterocycles. The summed E-state index contributed by atoms with van der Waals surface area (Å²) in [5.41, 5.74) is 5.24. The Balaban J connectivity index is 1.27. The maximum Gasteiger partial charge on any atom is 0.410 e. The molecule has 1 fully saturated rings. The summed E-state index contributed by atoms with van der Waals surface area (Å²) in [6, 6.07) is 14.0. The van der Waals surface area contributed by atoms with E-state index in [9.17, 15) is 4.79 Å². The molecule has 0 aliphatic carbocycles. The molecular formula is C25H28N6O2. The molecule has 1 amide bonds. The lowest BCUT2D eigenvalue weighted by molar-refractivity contribution is 0.0561. The first-order valence-electron chi connectivity index (χ1n) is 11.2. The van der Waals surface area contributed by atoms with Crippen LogP contribution in [0, 0.1) is 0 Å². The van der Waals surface area contributed by atoms with Crippen LogP contribution in [0.1, 0.15) is 25.5 Å². The number of carbonyl (C=O) groups is 1. The summed E-state index contributed by atoms with van der Waals surface area (Å²) < 4.78 is 9.44. The molecule has 1 aliphatic heterocycles. The highest BCUT2D eigenvalue weighted by molar-refractivity contribution is 5.76. The van der Waals surface area contributed by atoms with Gasteiger partial charge < -0.3 is 14.5 Å². The number of amides is 1. The van der Waals surface area contributed by atoms with Crippen LogP contribution in [-0.2, 0) is 11.8 Å². The number of rotatable bonds is 4. The molecule has 1 saturated heterocycles. The maximum absolute atomic E-state index is 12.8. The number of fused-ring (bicyclic) bond motifs is 1. The molecule has 2 atom stereocenters. The van der Waals surface area contributed by atoms with Crippen LogP contribution in [0.4, 0.5) is 10.5 Å². The number of benzene rings is 1. The molecule has 0 spiro atoms. The Labute approximate surface area is 193 Å². The summed E-state index contributed by atoms with van der Waals surface area (Å²) in [5, 5.41) is 8.83. The van der Waals surface area contributed by atoms with E-state index < -0.39 is 0 Å². The molecule has 4 aromatic rings. The number of aryl methyl sites for hydroxylation is 1. The lowest BCUT2D eigenvalue weighted by Crippen LogP contribution is -2.54. The number of anilines is 1. The predicted molar refractivity (Wildman–Crippen MR) is 127 cm³/mol. The molecule has 4 heterocycles. The first-order chi connectivity index (χ1) is 16.0. The van der Waals surface area contributed by atoms with E-state index in [4.69, 9.17) is 4.74 Å². The van der Waals surface area contributed by atoms with Crippen molar-refractivity contribution in [3.8, 4) is 11.1 Å². The van der Waals surface area contributed by atoms with Crippen LogP contribution in [0.15, 0.2) is 67.3 Å². The number of ether oxygens (including phenoxy) is 1. The van der Waals surface area contributed by atoms with E-state index in [2.05, 4.69) is 34.2 Å². The molecule has 170 valence electrons. The van der Waals surface area contributed by atoms with Crippen LogP contribution in [0.3, 0.4) is 0 Å². The fourth-order valence-corrected chi connectivity index (χ4v) is 4.41. The first-order valence-corrected chi connectivity index (χ1v) is 11.2. The standard InChI is InChI=1S/C25H28N6O2/c1-18-15-29(11-12-30(18)25(32)33-19(2)20-7-5-4-6-8-20)24-14-27-31-17-21(9-10-23(24)31)22-13-26-28(3)16-22/h4-10,13-14,16-19H,11-12,15H2,1-3H3/t18-,19-/m1/s1.